The third-order valence-corrected chi connectivity index (χ3v) is 5.81. The molecule has 0 aliphatic heterocycles. The van der Waals surface area contributed by atoms with Crippen molar-refractivity contribution in [3.8, 4) is 0 Å². The highest BCUT2D eigenvalue weighted by atomic mass is 32.2. The van der Waals surface area contributed by atoms with E-state index in [9.17, 15) is 0 Å². The van der Waals surface area contributed by atoms with Crippen LogP contribution in [-0.4, -0.2) is 17.5 Å². The number of benzene rings is 1. The van der Waals surface area contributed by atoms with Crippen molar-refractivity contribution in [3.05, 3.63) is 34.9 Å². The largest absolute Gasteiger partial charge is 0.310 e. The zero-order valence-corrected chi connectivity index (χ0v) is 12.8. The molecule has 0 saturated heterocycles. The average molecular weight is 275 g/mol. The predicted octanol–water partition coefficient (Wildman–Crippen LogP) is 3.94. The summed E-state index contributed by atoms with van der Waals surface area (Å²) in [6, 6.07) is 7.85. The fourth-order valence-electron chi connectivity index (χ4n) is 3.54. The lowest BCUT2D eigenvalue weighted by molar-refractivity contribution is 0.380. The van der Waals surface area contributed by atoms with E-state index in [0.717, 1.165) is 17.8 Å². The van der Waals surface area contributed by atoms with Crippen molar-refractivity contribution in [3.63, 3.8) is 0 Å². The van der Waals surface area contributed by atoms with Gasteiger partial charge in [-0.3, -0.25) is 0 Å². The third kappa shape index (κ3) is 3.35. The zero-order valence-electron chi connectivity index (χ0n) is 12.0. The number of nitrogens with one attached hydrogen (secondary N) is 1. The van der Waals surface area contributed by atoms with Crippen LogP contribution in [0.5, 0.6) is 0 Å². The van der Waals surface area contributed by atoms with Crippen molar-refractivity contribution in [2.75, 3.05) is 6.26 Å². The first kappa shape index (κ1) is 13.5. The molecule has 2 unspecified atom stereocenters. The van der Waals surface area contributed by atoms with Crippen LogP contribution in [0, 0.1) is 0 Å². The minimum absolute atomic E-state index is 0.736. The molecule has 2 atom stereocenters. The number of aryl methyl sites for hydroxylation is 2. The molecule has 1 fully saturated rings. The van der Waals surface area contributed by atoms with Crippen LogP contribution in [0.1, 0.15) is 48.8 Å². The highest BCUT2D eigenvalue weighted by molar-refractivity contribution is 7.99. The van der Waals surface area contributed by atoms with E-state index in [1.165, 1.54) is 50.5 Å². The van der Waals surface area contributed by atoms with Gasteiger partial charge in [-0.15, -0.1) is 0 Å². The highest BCUT2D eigenvalue weighted by Gasteiger charge is 2.20. The quantitative estimate of drug-likeness (QED) is 0.893. The van der Waals surface area contributed by atoms with Crippen molar-refractivity contribution in [2.45, 2.75) is 62.8 Å². The minimum Gasteiger partial charge on any atom is -0.310 e. The van der Waals surface area contributed by atoms with Crippen molar-refractivity contribution in [1.82, 2.24) is 5.32 Å². The number of hydrogen-bond acceptors (Lipinski definition) is 2. The van der Waals surface area contributed by atoms with E-state index in [0.29, 0.717) is 0 Å². The van der Waals surface area contributed by atoms with Gasteiger partial charge in [0.2, 0.25) is 0 Å². The Balaban J connectivity index is 1.54. The van der Waals surface area contributed by atoms with Gasteiger partial charge >= 0.3 is 0 Å². The van der Waals surface area contributed by atoms with E-state index in [4.69, 9.17) is 0 Å². The fraction of sp³-hybridized carbons (Fsp3) is 0.647. The summed E-state index contributed by atoms with van der Waals surface area (Å²) < 4.78 is 0. The monoisotopic (exact) mass is 275 g/mol. The second kappa shape index (κ2) is 6.32. The molecule has 2 heteroatoms. The van der Waals surface area contributed by atoms with Gasteiger partial charge in [0, 0.05) is 17.8 Å². The lowest BCUT2D eigenvalue weighted by Crippen LogP contribution is -2.34. The normalized spacial score (nSPS) is 26.4. The first-order chi connectivity index (χ1) is 9.35. The first-order valence-corrected chi connectivity index (χ1v) is 9.01. The lowest BCUT2D eigenvalue weighted by atomic mass is 9.94. The van der Waals surface area contributed by atoms with E-state index in [2.05, 4.69) is 29.8 Å². The number of thioether (sulfide) groups is 1. The van der Waals surface area contributed by atoms with Gasteiger partial charge in [-0.2, -0.15) is 11.8 Å². The Bertz CT molecular complexity index is 429. The maximum Gasteiger partial charge on any atom is 0.0208 e. The van der Waals surface area contributed by atoms with Crippen LogP contribution in [0.2, 0.25) is 0 Å². The van der Waals surface area contributed by atoms with Gasteiger partial charge in [0.15, 0.2) is 0 Å². The molecule has 1 N–H and O–H groups in total. The molecule has 104 valence electrons. The summed E-state index contributed by atoms with van der Waals surface area (Å²) in [5, 5.41) is 4.66. The van der Waals surface area contributed by atoms with Gasteiger partial charge in [-0.05, 0) is 61.5 Å². The van der Waals surface area contributed by atoms with Gasteiger partial charge in [0.25, 0.3) is 0 Å². The minimum atomic E-state index is 0.736. The standard InChI is InChI=1S/C17H25NS/c1-19-17-7-3-6-16(11-17)18-12-13-8-9-14-4-2-5-15(14)10-13/h8-10,16-18H,2-7,11-12H2,1H3. The molecule has 0 aromatic heterocycles. The Labute approximate surface area is 121 Å². The topological polar surface area (TPSA) is 12.0 Å². The molecular formula is C17H25NS. The van der Waals surface area contributed by atoms with E-state index in [-0.39, 0.29) is 0 Å². The molecule has 0 bridgehead atoms. The third-order valence-electron chi connectivity index (χ3n) is 4.72. The van der Waals surface area contributed by atoms with Crippen molar-refractivity contribution < 1.29 is 0 Å². The molecule has 1 aromatic carbocycles. The van der Waals surface area contributed by atoms with E-state index in [1.807, 2.05) is 11.8 Å². The van der Waals surface area contributed by atoms with Crippen LogP contribution in [0.3, 0.4) is 0 Å². The van der Waals surface area contributed by atoms with Gasteiger partial charge in [-0.25, -0.2) is 0 Å². The van der Waals surface area contributed by atoms with Gasteiger partial charge in [0.1, 0.15) is 0 Å². The van der Waals surface area contributed by atoms with Crippen LogP contribution < -0.4 is 5.32 Å². The van der Waals surface area contributed by atoms with E-state index >= 15 is 0 Å². The molecule has 1 saturated carbocycles. The van der Waals surface area contributed by atoms with Gasteiger partial charge < -0.3 is 5.32 Å². The summed E-state index contributed by atoms with van der Waals surface area (Å²) in [6.45, 7) is 1.05. The molecule has 1 aromatic rings. The molecule has 0 spiro atoms. The molecule has 2 aliphatic carbocycles. The first-order valence-electron chi connectivity index (χ1n) is 7.72. The predicted molar refractivity (Wildman–Crippen MR) is 84.9 cm³/mol. The molecule has 1 nitrogen and oxygen atoms in total. The van der Waals surface area contributed by atoms with Gasteiger partial charge in [-0.1, -0.05) is 24.6 Å². The highest BCUT2D eigenvalue weighted by Crippen LogP contribution is 2.27. The zero-order chi connectivity index (χ0) is 13.1. The maximum atomic E-state index is 3.78. The lowest BCUT2D eigenvalue weighted by Gasteiger charge is -2.28. The smallest absolute Gasteiger partial charge is 0.0208 e. The maximum absolute atomic E-state index is 3.78. The molecule has 3 rings (SSSR count). The molecular weight excluding hydrogens is 250 g/mol. The van der Waals surface area contributed by atoms with Crippen molar-refractivity contribution in [2.24, 2.45) is 0 Å². The molecule has 0 radical (unpaired) electrons. The summed E-state index contributed by atoms with van der Waals surface area (Å²) in [7, 11) is 0. The summed E-state index contributed by atoms with van der Waals surface area (Å²) in [5.41, 5.74) is 4.67. The number of rotatable bonds is 4. The number of hydrogen-bond donors (Lipinski definition) is 1. The summed E-state index contributed by atoms with van der Waals surface area (Å²) >= 11 is 2.05. The summed E-state index contributed by atoms with van der Waals surface area (Å²) in [6.07, 6.45) is 11.7. The molecule has 0 heterocycles. The Hall–Kier alpha value is -0.470. The Kier molecular flexibility index (Phi) is 4.49. The van der Waals surface area contributed by atoms with Crippen LogP contribution in [0.15, 0.2) is 18.2 Å². The SMILES string of the molecule is CSC1CCCC(NCc2ccc3c(c2)CCC3)C1. The van der Waals surface area contributed by atoms with Crippen LogP contribution >= 0.6 is 11.8 Å². The molecule has 2 aliphatic rings. The second-order valence-corrected chi connectivity index (χ2v) is 7.20. The Morgan fingerprint density at radius 1 is 1.16 bits per heavy atom. The Morgan fingerprint density at radius 3 is 2.95 bits per heavy atom. The number of fused-ring (bicyclic) bond motifs is 1. The van der Waals surface area contributed by atoms with E-state index in [1.54, 1.807) is 11.1 Å². The van der Waals surface area contributed by atoms with Crippen LogP contribution in [-0.2, 0) is 19.4 Å². The average Bonchev–Trinajstić information content (AvgIpc) is 2.93. The van der Waals surface area contributed by atoms with E-state index < -0.39 is 0 Å². The Morgan fingerprint density at radius 2 is 2.05 bits per heavy atom. The van der Waals surface area contributed by atoms with Crippen LogP contribution in [0.4, 0.5) is 0 Å². The van der Waals surface area contributed by atoms with Crippen LogP contribution in [0.25, 0.3) is 0 Å². The van der Waals surface area contributed by atoms with Gasteiger partial charge in [0.05, 0.1) is 0 Å². The molecule has 19 heavy (non-hydrogen) atoms. The fourth-order valence-corrected chi connectivity index (χ4v) is 4.37. The van der Waals surface area contributed by atoms with Crippen molar-refractivity contribution >= 4 is 11.8 Å². The summed E-state index contributed by atoms with van der Waals surface area (Å²) in [5.74, 6) is 0. The molecule has 0 amide bonds. The summed E-state index contributed by atoms with van der Waals surface area (Å²) in [4.78, 5) is 0. The second-order valence-electron chi connectivity index (χ2n) is 6.06. The van der Waals surface area contributed by atoms with Crippen molar-refractivity contribution in [1.29, 1.82) is 0 Å².